The van der Waals surface area contributed by atoms with Crippen LogP contribution in [0.2, 0.25) is 5.02 Å². The normalized spacial score (nSPS) is 11.2. The Morgan fingerprint density at radius 3 is 2.36 bits per heavy atom. The van der Waals surface area contributed by atoms with Gasteiger partial charge in [-0.2, -0.15) is 0 Å². The largest absolute Gasteiger partial charge is 0.338 e. The van der Waals surface area contributed by atoms with Crippen molar-refractivity contribution < 1.29 is 4.39 Å². The third-order valence-electron chi connectivity index (χ3n) is 4.63. The molecule has 4 nitrogen and oxygen atoms in total. The molecule has 2 aromatic heterocycles. The van der Waals surface area contributed by atoms with Crippen LogP contribution in [0.1, 0.15) is 0 Å². The van der Waals surface area contributed by atoms with Gasteiger partial charge in [0.25, 0.3) is 0 Å². The molecule has 0 amide bonds. The summed E-state index contributed by atoms with van der Waals surface area (Å²) in [6, 6.07) is 20.4. The molecule has 0 unspecified atom stereocenters. The average molecular weight is 389 g/mol. The van der Waals surface area contributed by atoms with Gasteiger partial charge in [0, 0.05) is 5.56 Å². The van der Waals surface area contributed by atoms with Crippen LogP contribution in [0.5, 0.6) is 0 Å². The summed E-state index contributed by atoms with van der Waals surface area (Å²) in [4.78, 5) is 15.4. The van der Waals surface area contributed by atoms with Crippen LogP contribution in [0.4, 0.5) is 4.39 Å². The summed E-state index contributed by atoms with van der Waals surface area (Å²) in [5, 5.41) is 0.320. The third-order valence-corrected chi connectivity index (χ3v) is 4.95. The second-order valence-corrected chi connectivity index (χ2v) is 6.83. The summed E-state index contributed by atoms with van der Waals surface area (Å²) >= 11 is 6.13. The summed E-state index contributed by atoms with van der Waals surface area (Å²) in [5.74, 6) is 0.810. The first-order chi connectivity index (χ1) is 13.7. The summed E-state index contributed by atoms with van der Waals surface area (Å²) in [7, 11) is 0. The summed E-state index contributed by atoms with van der Waals surface area (Å²) in [5.41, 5.74) is 4.91. The lowest BCUT2D eigenvalue weighted by Gasteiger charge is -2.03. The van der Waals surface area contributed by atoms with Gasteiger partial charge < -0.3 is 9.97 Å². The number of fused-ring (bicyclic) bond motifs is 1. The number of hydrogen-bond donors (Lipinski definition) is 2. The van der Waals surface area contributed by atoms with Crippen LogP contribution in [-0.4, -0.2) is 19.9 Å². The van der Waals surface area contributed by atoms with Gasteiger partial charge in [-0.15, -0.1) is 0 Å². The van der Waals surface area contributed by atoms with Gasteiger partial charge in [-0.05, 0) is 29.8 Å². The molecule has 6 heteroatoms. The average Bonchev–Trinajstić information content (AvgIpc) is 3.35. The maximum Gasteiger partial charge on any atom is 0.142 e. The van der Waals surface area contributed by atoms with E-state index in [1.54, 1.807) is 18.3 Å². The Morgan fingerprint density at radius 1 is 0.786 bits per heavy atom. The van der Waals surface area contributed by atoms with Crippen molar-refractivity contribution in [3.63, 3.8) is 0 Å². The first-order valence-corrected chi connectivity index (χ1v) is 9.12. The van der Waals surface area contributed by atoms with Crippen molar-refractivity contribution in [2.45, 2.75) is 0 Å². The number of aromatic amines is 2. The number of halogens is 2. The molecule has 0 spiro atoms. The lowest BCUT2D eigenvalue weighted by Crippen LogP contribution is -1.88. The van der Waals surface area contributed by atoms with Crippen LogP contribution in [0.25, 0.3) is 45.1 Å². The van der Waals surface area contributed by atoms with Crippen molar-refractivity contribution in [2.24, 2.45) is 0 Å². The first-order valence-electron chi connectivity index (χ1n) is 8.74. The molecule has 2 N–H and O–H groups in total. The summed E-state index contributed by atoms with van der Waals surface area (Å²) in [6.45, 7) is 0. The van der Waals surface area contributed by atoms with Crippen molar-refractivity contribution in [2.75, 3.05) is 0 Å². The number of aromatic nitrogens is 4. The molecule has 0 saturated carbocycles. The Labute approximate surface area is 165 Å². The maximum absolute atomic E-state index is 14.1. The molecule has 5 aromatic rings. The third kappa shape index (κ3) is 2.86. The summed E-state index contributed by atoms with van der Waals surface area (Å²) < 4.78 is 14.1. The molecule has 0 atom stereocenters. The molecular formula is C22H14ClFN4. The van der Waals surface area contributed by atoms with E-state index in [0.717, 1.165) is 33.7 Å². The molecule has 0 fully saturated rings. The predicted octanol–water partition coefficient (Wildman–Crippen LogP) is 6.08. The van der Waals surface area contributed by atoms with Crippen LogP contribution in [0.3, 0.4) is 0 Å². The fourth-order valence-electron chi connectivity index (χ4n) is 3.22. The van der Waals surface area contributed by atoms with E-state index in [-0.39, 0.29) is 5.56 Å². The van der Waals surface area contributed by atoms with Gasteiger partial charge in [0.1, 0.15) is 17.5 Å². The molecule has 0 bridgehead atoms. The van der Waals surface area contributed by atoms with Crippen molar-refractivity contribution in [3.05, 3.63) is 83.8 Å². The topological polar surface area (TPSA) is 57.4 Å². The van der Waals surface area contributed by atoms with E-state index in [9.17, 15) is 4.39 Å². The van der Waals surface area contributed by atoms with Gasteiger partial charge >= 0.3 is 0 Å². The number of imidazole rings is 2. The van der Waals surface area contributed by atoms with Crippen molar-refractivity contribution in [1.82, 2.24) is 19.9 Å². The Hall–Kier alpha value is -3.44. The van der Waals surface area contributed by atoms with Crippen molar-refractivity contribution in [1.29, 1.82) is 0 Å². The Bertz CT molecular complexity index is 1230. The minimum absolute atomic E-state index is 0.273. The van der Waals surface area contributed by atoms with Crippen LogP contribution in [0, 0.1) is 5.82 Å². The lowest BCUT2D eigenvalue weighted by atomic mass is 10.1. The number of H-pyrrole nitrogens is 2. The molecule has 2 heterocycles. The van der Waals surface area contributed by atoms with Gasteiger partial charge in [0.15, 0.2) is 0 Å². The van der Waals surface area contributed by atoms with Gasteiger partial charge in [0.2, 0.25) is 0 Å². The van der Waals surface area contributed by atoms with E-state index >= 15 is 0 Å². The highest BCUT2D eigenvalue weighted by Crippen LogP contribution is 2.30. The SMILES string of the molecule is Fc1cccc(Cl)c1-c1ncc(-c2ccc(-c3nc4ccccc4[nH]3)cc2)[nH]1. The zero-order valence-corrected chi connectivity index (χ0v) is 15.3. The maximum atomic E-state index is 14.1. The fraction of sp³-hybridized carbons (Fsp3) is 0. The summed E-state index contributed by atoms with van der Waals surface area (Å²) in [6.07, 6.45) is 1.67. The zero-order chi connectivity index (χ0) is 19.1. The Morgan fingerprint density at radius 2 is 1.57 bits per heavy atom. The molecule has 28 heavy (non-hydrogen) atoms. The number of nitrogens with zero attached hydrogens (tertiary/aromatic N) is 2. The van der Waals surface area contributed by atoms with Gasteiger partial charge in [-0.25, -0.2) is 14.4 Å². The smallest absolute Gasteiger partial charge is 0.142 e. The van der Waals surface area contributed by atoms with Crippen LogP contribution < -0.4 is 0 Å². The first kappa shape index (κ1) is 16.7. The van der Waals surface area contributed by atoms with E-state index in [1.165, 1.54) is 6.07 Å². The van der Waals surface area contributed by atoms with Crippen LogP contribution in [0.15, 0.2) is 72.9 Å². The van der Waals surface area contributed by atoms with Crippen molar-refractivity contribution in [3.8, 4) is 34.0 Å². The fourth-order valence-corrected chi connectivity index (χ4v) is 3.47. The quantitative estimate of drug-likeness (QED) is 0.393. The van der Waals surface area contributed by atoms with E-state index < -0.39 is 5.82 Å². The highest BCUT2D eigenvalue weighted by Gasteiger charge is 2.14. The van der Waals surface area contributed by atoms with E-state index in [4.69, 9.17) is 11.6 Å². The Kier molecular flexibility index (Phi) is 3.95. The number of para-hydroxylation sites is 2. The number of benzene rings is 3. The van der Waals surface area contributed by atoms with Gasteiger partial charge in [-0.3, -0.25) is 0 Å². The van der Waals surface area contributed by atoms with E-state index in [2.05, 4.69) is 19.9 Å². The molecule has 0 aliphatic heterocycles. The predicted molar refractivity (Wildman–Crippen MR) is 110 cm³/mol. The molecular weight excluding hydrogens is 375 g/mol. The second-order valence-electron chi connectivity index (χ2n) is 6.42. The lowest BCUT2D eigenvalue weighted by molar-refractivity contribution is 0.630. The molecule has 136 valence electrons. The highest BCUT2D eigenvalue weighted by atomic mass is 35.5. The van der Waals surface area contributed by atoms with Crippen LogP contribution >= 0.6 is 11.6 Å². The van der Waals surface area contributed by atoms with Crippen molar-refractivity contribution >= 4 is 22.6 Å². The van der Waals surface area contributed by atoms with E-state index in [0.29, 0.717) is 10.8 Å². The molecule has 0 radical (unpaired) electrons. The highest BCUT2D eigenvalue weighted by molar-refractivity contribution is 6.33. The minimum Gasteiger partial charge on any atom is -0.338 e. The number of rotatable bonds is 3. The minimum atomic E-state index is -0.409. The number of hydrogen-bond acceptors (Lipinski definition) is 2. The molecule has 3 aromatic carbocycles. The van der Waals surface area contributed by atoms with Gasteiger partial charge in [-0.1, -0.05) is 54.1 Å². The monoisotopic (exact) mass is 388 g/mol. The molecule has 5 rings (SSSR count). The van der Waals surface area contributed by atoms with Crippen LogP contribution in [-0.2, 0) is 0 Å². The molecule has 0 saturated heterocycles. The molecule has 0 aliphatic carbocycles. The number of nitrogens with one attached hydrogen (secondary N) is 2. The standard InChI is InChI=1S/C22H14ClFN4/c23-15-4-3-5-16(24)20(15)22-25-12-19(28-22)13-8-10-14(11-9-13)21-26-17-6-1-2-7-18(17)27-21/h1-12H,(H,25,28)(H,26,27). The molecule has 0 aliphatic rings. The zero-order valence-electron chi connectivity index (χ0n) is 14.6. The Balaban J connectivity index is 1.47. The van der Waals surface area contributed by atoms with E-state index in [1.807, 2.05) is 48.5 Å². The second kappa shape index (κ2) is 6.62. The van der Waals surface area contributed by atoms with Gasteiger partial charge in [0.05, 0.1) is 33.5 Å².